The van der Waals surface area contributed by atoms with E-state index in [-0.39, 0.29) is 0 Å². The minimum absolute atomic E-state index is 0.597. The van der Waals surface area contributed by atoms with Gasteiger partial charge in [-0.05, 0) is 58.7 Å². The van der Waals surface area contributed by atoms with Crippen LogP contribution in [0.3, 0.4) is 0 Å². The van der Waals surface area contributed by atoms with Crippen LogP contribution >= 0.6 is 11.3 Å². The van der Waals surface area contributed by atoms with Gasteiger partial charge in [0.1, 0.15) is 0 Å². The predicted octanol–water partition coefficient (Wildman–Crippen LogP) is 10.9. The molecule has 9 rings (SSSR count). The largest absolute Gasteiger partial charge is 0.285 e. The van der Waals surface area contributed by atoms with Gasteiger partial charge < -0.3 is 0 Å². The summed E-state index contributed by atoms with van der Waals surface area (Å²) in [6.07, 6.45) is 2.07. The molecule has 0 amide bonds. The molecular weight excluding hydrogens is 581 g/mol. The third-order valence-electron chi connectivity index (χ3n) is 8.49. The number of aromatic nitrogens is 4. The molecule has 0 N–H and O–H groups in total. The van der Waals surface area contributed by atoms with Crippen LogP contribution in [0.1, 0.15) is 0 Å². The van der Waals surface area contributed by atoms with Gasteiger partial charge in [-0.25, -0.2) is 4.98 Å². The van der Waals surface area contributed by atoms with Gasteiger partial charge in [-0.2, -0.15) is 9.97 Å². The van der Waals surface area contributed by atoms with Gasteiger partial charge >= 0.3 is 0 Å². The Hall–Kier alpha value is -5.91. The first-order chi connectivity index (χ1) is 22.8. The summed E-state index contributed by atoms with van der Waals surface area (Å²) in [6, 6.07) is 53.1. The number of benzene rings is 6. The topological polar surface area (TPSA) is 43.6 Å². The second-order valence-corrected chi connectivity index (χ2v) is 12.5. The fraction of sp³-hybridized carbons (Fsp3) is 0. The molecule has 5 heteroatoms. The van der Waals surface area contributed by atoms with Crippen LogP contribution in [0.5, 0.6) is 0 Å². The second kappa shape index (κ2) is 10.9. The molecule has 9 aromatic rings. The molecule has 0 aliphatic heterocycles. The van der Waals surface area contributed by atoms with E-state index >= 15 is 0 Å². The van der Waals surface area contributed by atoms with E-state index in [1.54, 1.807) is 0 Å². The molecule has 3 aromatic heterocycles. The molecule has 0 spiro atoms. The van der Waals surface area contributed by atoms with Crippen LogP contribution < -0.4 is 0 Å². The average molecular weight is 607 g/mol. The van der Waals surface area contributed by atoms with Crippen LogP contribution in [0.4, 0.5) is 0 Å². The van der Waals surface area contributed by atoms with E-state index in [4.69, 9.17) is 15.0 Å². The highest BCUT2D eigenvalue weighted by atomic mass is 32.1. The third kappa shape index (κ3) is 4.66. The molecule has 0 saturated heterocycles. The monoisotopic (exact) mass is 606 g/mol. The smallest absolute Gasteiger partial charge is 0.238 e. The van der Waals surface area contributed by atoms with E-state index in [2.05, 4.69) is 102 Å². The normalized spacial score (nSPS) is 11.5. The van der Waals surface area contributed by atoms with Crippen LogP contribution in [0.25, 0.3) is 82.1 Å². The number of thiophene rings is 1. The van der Waals surface area contributed by atoms with Crippen molar-refractivity contribution in [2.75, 3.05) is 0 Å². The SMILES string of the molecule is c1ccc(-c2cccc(-c3ccc4sc5cc6ccn(-c7nc(-c8ccccc8)nc(-c8ccccc8)n7)c6cc5c4c3)c2)cc1. The fourth-order valence-electron chi connectivity index (χ4n) is 6.17. The minimum Gasteiger partial charge on any atom is -0.285 e. The molecular formula is C41H26N4S. The van der Waals surface area contributed by atoms with Gasteiger partial charge in [-0.1, -0.05) is 115 Å². The molecule has 3 heterocycles. The molecule has 4 nitrogen and oxygen atoms in total. The van der Waals surface area contributed by atoms with Gasteiger partial charge in [0.25, 0.3) is 0 Å². The zero-order valence-corrected chi connectivity index (χ0v) is 25.5. The third-order valence-corrected chi connectivity index (χ3v) is 9.62. The van der Waals surface area contributed by atoms with Crippen molar-refractivity contribution < 1.29 is 0 Å². The maximum absolute atomic E-state index is 4.98. The van der Waals surface area contributed by atoms with Crippen LogP contribution in [0.15, 0.2) is 158 Å². The highest BCUT2D eigenvalue weighted by Crippen LogP contribution is 2.39. The summed E-state index contributed by atoms with van der Waals surface area (Å²) in [5, 5.41) is 3.63. The van der Waals surface area contributed by atoms with Gasteiger partial charge in [0.05, 0.1) is 5.52 Å². The first-order valence-corrected chi connectivity index (χ1v) is 16.1. The molecule has 0 aliphatic carbocycles. The van der Waals surface area contributed by atoms with Crippen molar-refractivity contribution in [1.82, 2.24) is 19.5 Å². The van der Waals surface area contributed by atoms with E-state index in [9.17, 15) is 0 Å². The summed E-state index contributed by atoms with van der Waals surface area (Å²) in [7, 11) is 0. The highest BCUT2D eigenvalue weighted by Gasteiger charge is 2.16. The van der Waals surface area contributed by atoms with Gasteiger partial charge in [-0.15, -0.1) is 11.3 Å². The first-order valence-electron chi connectivity index (χ1n) is 15.3. The summed E-state index contributed by atoms with van der Waals surface area (Å²) < 4.78 is 4.63. The summed E-state index contributed by atoms with van der Waals surface area (Å²) in [5.74, 6) is 1.89. The minimum atomic E-state index is 0.597. The Morgan fingerprint density at radius 1 is 0.413 bits per heavy atom. The van der Waals surface area contributed by atoms with E-state index in [0.29, 0.717) is 17.6 Å². The van der Waals surface area contributed by atoms with E-state index < -0.39 is 0 Å². The summed E-state index contributed by atoms with van der Waals surface area (Å²) in [5.41, 5.74) is 7.82. The highest BCUT2D eigenvalue weighted by molar-refractivity contribution is 7.25. The zero-order chi connectivity index (χ0) is 30.5. The number of hydrogen-bond donors (Lipinski definition) is 0. The van der Waals surface area contributed by atoms with E-state index in [1.165, 1.54) is 42.4 Å². The lowest BCUT2D eigenvalue weighted by Crippen LogP contribution is -2.05. The molecule has 0 unspecified atom stereocenters. The van der Waals surface area contributed by atoms with Crippen molar-refractivity contribution in [2.45, 2.75) is 0 Å². The van der Waals surface area contributed by atoms with E-state index in [0.717, 1.165) is 22.0 Å². The molecule has 0 atom stereocenters. The van der Waals surface area contributed by atoms with Crippen molar-refractivity contribution in [3.05, 3.63) is 158 Å². The quantitative estimate of drug-likeness (QED) is 0.196. The maximum Gasteiger partial charge on any atom is 0.238 e. The average Bonchev–Trinajstić information content (AvgIpc) is 3.72. The Labute approximate surface area is 269 Å². The Morgan fingerprint density at radius 3 is 1.65 bits per heavy atom. The van der Waals surface area contributed by atoms with Gasteiger partial charge in [0.2, 0.25) is 5.95 Å². The lowest BCUT2D eigenvalue weighted by atomic mass is 9.98. The van der Waals surface area contributed by atoms with Crippen LogP contribution in [-0.4, -0.2) is 19.5 Å². The molecule has 0 radical (unpaired) electrons. The zero-order valence-electron chi connectivity index (χ0n) is 24.7. The summed E-state index contributed by atoms with van der Waals surface area (Å²) in [4.78, 5) is 14.8. The van der Waals surface area contributed by atoms with Crippen LogP contribution in [0, 0.1) is 0 Å². The number of hydrogen-bond acceptors (Lipinski definition) is 4. The molecule has 0 bridgehead atoms. The molecule has 0 saturated carbocycles. The van der Waals surface area contributed by atoms with Gasteiger partial charge in [0, 0.05) is 42.9 Å². The molecule has 216 valence electrons. The van der Waals surface area contributed by atoms with Gasteiger partial charge in [0.15, 0.2) is 11.6 Å². The summed E-state index contributed by atoms with van der Waals surface area (Å²) >= 11 is 1.83. The van der Waals surface area contributed by atoms with Gasteiger partial charge in [-0.3, -0.25) is 4.57 Å². The first kappa shape index (κ1) is 26.5. The van der Waals surface area contributed by atoms with Crippen LogP contribution in [-0.2, 0) is 0 Å². The molecule has 46 heavy (non-hydrogen) atoms. The Kier molecular flexibility index (Phi) is 6.28. The standard InChI is InChI=1S/C41H26N4S/c1-4-11-27(12-5-1)30-17-10-18-31(23-30)32-19-20-37-34(24-32)35-26-36-33(25-38(35)46-37)21-22-45(36)41-43-39(28-13-6-2-7-14-28)42-40(44-41)29-15-8-3-9-16-29/h1-26H. The number of fused-ring (bicyclic) bond motifs is 4. The molecule has 0 fully saturated rings. The van der Waals surface area contributed by atoms with Crippen LogP contribution in [0.2, 0.25) is 0 Å². The Morgan fingerprint density at radius 2 is 0.978 bits per heavy atom. The Balaban J connectivity index is 1.20. The lowest BCUT2D eigenvalue weighted by Gasteiger charge is -2.10. The summed E-state index contributed by atoms with van der Waals surface area (Å²) in [6.45, 7) is 0. The number of nitrogens with zero attached hydrogens (tertiary/aromatic N) is 4. The Bertz CT molecular complexity index is 2460. The van der Waals surface area contributed by atoms with Crippen molar-refractivity contribution in [3.8, 4) is 51.0 Å². The van der Waals surface area contributed by atoms with E-state index in [1.807, 2.05) is 72.0 Å². The number of rotatable bonds is 5. The van der Waals surface area contributed by atoms with Crippen molar-refractivity contribution in [3.63, 3.8) is 0 Å². The maximum atomic E-state index is 4.98. The van der Waals surface area contributed by atoms with Crippen molar-refractivity contribution in [1.29, 1.82) is 0 Å². The molecule has 6 aromatic carbocycles. The van der Waals surface area contributed by atoms with Crippen molar-refractivity contribution >= 4 is 42.4 Å². The predicted molar refractivity (Wildman–Crippen MR) is 191 cm³/mol. The molecule has 0 aliphatic rings. The second-order valence-electron chi connectivity index (χ2n) is 11.4. The fourth-order valence-corrected chi connectivity index (χ4v) is 7.29. The van der Waals surface area contributed by atoms with Crippen molar-refractivity contribution in [2.24, 2.45) is 0 Å². The lowest BCUT2D eigenvalue weighted by molar-refractivity contribution is 0.934.